The summed E-state index contributed by atoms with van der Waals surface area (Å²) in [6.07, 6.45) is 4.01. The fourth-order valence-corrected chi connectivity index (χ4v) is 5.27. The van der Waals surface area contributed by atoms with Crippen molar-refractivity contribution < 1.29 is 19.1 Å². The summed E-state index contributed by atoms with van der Waals surface area (Å²) in [5.74, 6) is 0.731. The van der Waals surface area contributed by atoms with E-state index in [-0.39, 0.29) is 23.9 Å². The normalized spacial score (nSPS) is 23.1. The van der Waals surface area contributed by atoms with Gasteiger partial charge >= 0.3 is 6.03 Å². The third-order valence-corrected chi connectivity index (χ3v) is 7.12. The smallest absolute Gasteiger partial charge is 0.325 e. The van der Waals surface area contributed by atoms with Gasteiger partial charge in [0.15, 0.2) is 0 Å². The van der Waals surface area contributed by atoms with Crippen molar-refractivity contribution in [2.24, 2.45) is 0 Å². The van der Waals surface area contributed by atoms with E-state index in [1.165, 1.54) is 4.90 Å². The van der Waals surface area contributed by atoms with Crippen LogP contribution in [0, 0.1) is 0 Å². The van der Waals surface area contributed by atoms with Crippen LogP contribution in [0.1, 0.15) is 44.6 Å². The molecule has 0 unspecified atom stereocenters. The molecule has 0 radical (unpaired) electrons. The summed E-state index contributed by atoms with van der Waals surface area (Å²) < 4.78 is 5.37. The largest absolute Gasteiger partial charge is 0.496 e. The van der Waals surface area contributed by atoms with Crippen LogP contribution >= 0.6 is 0 Å². The molecule has 1 aromatic carbocycles. The number of urea groups is 1. The monoisotopic (exact) mass is 442 g/mol. The quantitative estimate of drug-likeness (QED) is 0.654. The Morgan fingerprint density at radius 2 is 1.94 bits per heavy atom. The van der Waals surface area contributed by atoms with Crippen LogP contribution in [0.15, 0.2) is 24.3 Å². The van der Waals surface area contributed by atoms with Crippen molar-refractivity contribution in [3.05, 3.63) is 29.8 Å². The molecule has 0 bridgehead atoms. The van der Waals surface area contributed by atoms with Crippen LogP contribution in [0.2, 0.25) is 0 Å². The van der Waals surface area contributed by atoms with Crippen molar-refractivity contribution in [3.63, 3.8) is 0 Å². The van der Waals surface area contributed by atoms with Crippen LogP contribution in [0.25, 0.3) is 0 Å². The van der Waals surface area contributed by atoms with Crippen molar-refractivity contribution in [3.8, 4) is 5.75 Å². The number of piperidine rings is 1. The second kappa shape index (κ2) is 9.48. The molecule has 0 saturated carbocycles. The Hall–Kier alpha value is -2.61. The topological polar surface area (TPSA) is 82.2 Å². The molecule has 3 saturated heterocycles. The first-order chi connectivity index (χ1) is 15.5. The molecule has 1 N–H and O–H groups in total. The molecule has 4 rings (SSSR count). The number of carbonyl (C=O) groups is 3. The number of nitrogens with zero attached hydrogens (tertiary/aromatic N) is 3. The van der Waals surface area contributed by atoms with Crippen LogP contribution in [-0.4, -0.2) is 84.0 Å². The highest BCUT2D eigenvalue weighted by Crippen LogP contribution is 2.32. The highest BCUT2D eigenvalue weighted by atomic mass is 16.5. The van der Waals surface area contributed by atoms with Gasteiger partial charge in [-0.05, 0) is 50.3 Å². The lowest BCUT2D eigenvalue weighted by Gasteiger charge is -2.37. The Morgan fingerprint density at radius 3 is 2.66 bits per heavy atom. The molecule has 32 heavy (non-hydrogen) atoms. The Labute approximate surface area is 189 Å². The molecule has 3 aliphatic rings. The van der Waals surface area contributed by atoms with Gasteiger partial charge in [-0.25, -0.2) is 4.79 Å². The van der Waals surface area contributed by atoms with Gasteiger partial charge < -0.3 is 19.9 Å². The van der Waals surface area contributed by atoms with Crippen LogP contribution in [0.4, 0.5) is 4.79 Å². The summed E-state index contributed by atoms with van der Waals surface area (Å²) in [4.78, 5) is 44.4. The van der Waals surface area contributed by atoms with Crippen molar-refractivity contribution in [2.45, 2.75) is 57.0 Å². The average molecular weight is 443 g/mol. The summed E-state index contributed by atoms with van der Waals surface area (Å²) in [5.41, 5.74) is 0.243. The van der Waals surface area contributed by atoms with Gasteiger partial charge in [-0.3, -0.25) is 14.5 Å². The van der Waals surface area contributed by atoms with Gasteiger partial charge in [-0.2, -0.15) is 0 Å². The second-order valence-electron chi connectivity index (χ2n) is 9.12. The molecule has 0 aromatic heterocycles. The molecule has 1 atom stereocenters. The first-order valence-corrected chi connectivity index (χ1v) is 11.8. The maximum Gasteiger partial charge on any atom is 0.325 e. The standard InChI is InChI=1S/C24H34N4O4/c1-3-13-26-15-11-24(12-16-26)22(30)28(23(31)25-24)19-10-14-27(17-19)21(29)9-8-18-6-4-5-7-20(18)32-2/h4-7,19H,3,8-17H2,1-2H3,(H,25,31)/t19-/m1/s1. The van der Waals surface area contributed by atoms with E-state index in [2.05, 4.69) is 17.1 Å². The first-order valence-electron chi connectivity index (χ1n) is 11.8. The van der Waals surface area contributed by atoms with Gasteiger partial charge in [0.25, 0.3) is 5.91 Å². The summed E-state index contributed by atoms with van der Waals surface area (Å²) in [6.45, 7) is 5.82. The number of aryl methyl sites for hydroxylation is 1. The Morgan fingerprint density at radius 1 is 1.19 bits per heavy atom. The molecule has 8 nitrogen and oxygen atoms in total. The van der Waals surface area contributed by atoms with Gasteiger partial charge in [0.05, 0.1) is 13.2 Å². The molecule has 1 aromatic rings. The van der Waals surface area contributed by atoms with E-state index >= 15 is 0 Å². The number of hydrogen-bond acceptors (Lipinski definition) is 5. The molecule has 1 spiro atoms. The zero-order valence-corrected chi connectivity index (χ0v) is 19.1. The number of rotatable bonds is 7. The third kappa shape index (κ3) is 4.33. The minimum atomic E-state index is -0.761. The third-order valence-electron chi connectivity index (χ3n) is 7.12. The van der Waals surface area contributed by atoms with E-state index in [0.717, 1.165) is 37.4 Å². The number of likely N-dealkylation sites (tertiary alicyclic amines) is 2. The number of amides is 4. The Balaban J connectivity index is 1.33. The molecule has 3 heterocycles. The van der Waals surface area contributed by atoms with E-state index in [1.807, 2.05) is 24.3 Å². The fraction of sp³-hybridized carbons (Fsp3) is 0.625. The highest BCUT2D eigenvalue weighted by molar-refractivity contribution is 6.07. The minimum absolute atomic E-state index is 0.0491. The van der Waals surface area contributed by atoms with Gasteiger partial charge in [-0.1, -0.05) is 25.1 Å². The molecule has 3 fully saturated rings. The lowest BCUT2D eigenvalue weighted by atomic mass is 9.87. The van der Waals surface area contributed by atoms with Crippen LogP contribution in [0.3, 0.4) is 0 Å². The maximum absolute atomic E-state index is 13.3. The number of methoxy groups -OCH3 is 1. The van der Waals surface area contributed by atoms with Crippen molar-refractivity contribution >= 4 is 17.8 Å². The summed E-state index contributed by atoms with van der Waals surface area (Å²) in [5, 5.41) is 3.01. The molecule has 3 aliphatic heterocycles. The van der Waals surface area contributed by atoms with Crippen molar-refractivity contribution in [1.82, 2.24) is 20.0 Å². The van der Waals surface area contributed by atoms with Crippen LogP contribution < -0.4 is 10.1 Å². The maximum atomic E-state index is 13.3. The number of benzene rings is 1. The lowest BCUT2D eigenvalue weighted by Crippen LogP contribution is -2.55. The number of carbonyl (C=O) groups excluding carboxylic acids is 3. The van der Waals surface area contributed by atoms with Gasteiger partial charge in [0, 0.05) is 32.6 Å². The SMILES string of the molecule is CCCN1CCC2(CC1)NC(=O)N([C@@H]1CCN(C(=O)CCc3ccccc3OC)C1)C2=O. The minimum Gasteiger partial charge on any atom is -0.496 e. The Bertz CT molecular complexity index is 865. The molecule has 174 valence electrons. The zero-order valence-electron chi connectivity index (χ0n) is 19.1. The summed E-state index contributed by atoms with van der Waals surface area (Å²) >= 11 is 0. The highest BCUT2D eigenvalue weighted by Gasteiger charge is 2.54. The molecule has 0 aliphatic carbocycles. The number of nitrogens with one attached hydrogen (secondary N) is 1. The number of hydrogen-bond donors (Lipinski definition) is 1. The fourth-order valence-electron chi connectivity index (χ4n) is 5.27. The average Bonchev–Trinajstić information content (AvgIpc) is 3.37. The molecular weight excluding hydrogens is 408 g/mol. The molecular formula is C24H34N4O4. The zero-order chi connectivity index (χ0) is 22.7. The van der Waals surface area contributed by atoms with Crippen LogP contribution in [0.5, 0.6) is 5.75 Å². The van der Waals surface area contributed by atoms with E-state index < -0.39 is 5.54 Å². The molecule has 4 amide bonds. The predicted molar refractivity (Wildman–Crippen MR) is 120 cm³/mol. The second-order valence-corrected chi connectivity index (χ2v) is 9.12. The number of para-hydroxylation sites is 1. The predicted octanol–water partition coefficient (Wildman–Crippen LogP) is 2.03. The number of ether oxygens (including phenoxy) is 1. The Kier molecular flexibility index (Phi) is 6.69. The summed E-state index contributed by atoms with van der Waals surface area (Å²) in [6, 6.07) is 7.17. The number of imide groups is 1. The summed E-state index contributed by atoms with van der Waals surface area (Å²) in [7, 11) is 1.63. The van der Waals surface area contributed by atoms with Crippen molar-refractivity contribution in [2.75, 3.05) is 39.8 Å². The van der Waals surface area contributed by atoms with E-state index in [9.17, 15) is 14.4 Å². The first kappa shape index (κ1) is 22.6. The van der Waals surface area contributed by atoms with Gasteiger partial charge in [0.2, 0.25) is 5.91 Å². The van der Waals surface area contributed by atoms with E-state index in [0.29, 0.717) is 45.2 Å². The lowest BCUT2D eigenvalue weighted by molar-refractivity contribution is -0.135. The van der Waals surface area contributed by atoms with E-state index in [1.54, 1.807) is 12.0 Å². The van der Waals surface area contributed by atoms with Crippen LogP contribution in [-0.2, 0) is 16.0 Å². The van der Waals surface area contributed by atoms with E-state index in [4.69, 9.17) is 4.74 Å². The van der Waals surface area contributed by atoms with Gasteiger partial charge in [0.1, 0.15) is 11.3 Å². The van der Waals surface area contributed by atoms with Crippen molar-refractivity contribution in [1.29, 1.82) is 0 Å². The molecule has 8 heteroatoms. The van der Waals surface area contributed by atoms with Gasteiger partial charge in [-0.15, -0.1) is 0 Å².